The van der Waals surface area contributed by atoms with Gasteiger partial charge in [-0.2, -0.15) is 0 Å². The van der Waals surface area contributed by atoms with Crippen LogP contribution in [0.2, 0.25) is 0 Å². The molecule has 0 bridgehead atoms. The van der Waals surface area contributed by atoms with Crippen molar-refractivity contribution < 1.29 is 19.1 Å². The van der Waals surface area contributed by atoms with E-state index >= 15 is 0 Å². The molecule has 0 radical (unpaired) electrons. The summed E-state index contributed by atoms with van der Waals surface area (Å²) in [6.45, 7) is 8.48. The third kappa shape index (κ3) is 6.03. The summed E-state index contributed by atoms with van der Waals surface area (Å²) in [6.07, 6.45) is 0. The van der Waals surface area contributed by atoms with Gasteiger partial charge >= 0.3 is 11.9 Å². The highest BCUT2D eigenvalue weighted by molar-refractivity contribution is 14.1. The summed E-state index contributed by atoms with van der Waals surface area (Å²) in [4.78, 5) is 24.2. The smallest absolute Gasteiger partial charge is 0.339 e. The Balaban J connectivity index is 2.93. The Bertz CT molecular complexity index is 509. The van der Waals surface area contributed by atoms with Crippen molar-refractivity contribution in [1.29, 1.82) is 0 Å². The van der Waals surface area contributed by atoms with Gasteiger partial charge in [0.2, 0.25) is 0 Å². The number of esters is 2. The second-order valence-electron chi connectivity index (χ2n) is 5.67. The normalized spacial score (nSPS) is 10.8. The van der Waals surface area contributed by atoms with E-state index in [0.29, 0.717) is 13.2 Å². The van der Waals surface area contributed by atoms with Crippen molar-refractivity contribution in [2.45, 2.75) is 27.7 Å². The summed E-state index contributed by atoms with van der Waals surface area (Å²) < 4.78 is 11.3. The Morgan fingerprint density at radius 2 is 1.43 bits per heavy atom. The van der Waals surface area contributed by atoms with Crippen LogP contribution in [0.3, 0.4) is 0 Å². The van der Waals surface area contributed by atoms with E-state index in [1.807, 2.05) is 27.7 Å². The van der Waals surface area contributed by atoms with Crippen LogP contribution < -0.4 is 0 Å². The Labute approximate surface area is 139 Å². The maximum Gasteiger partial charge on any atom is 0.339 e. The lowest BCUT2D eigenvalue weighted by Gasteiger charge is -2.12. The summed E-state index contributed by atoms with van der Waals surface area (Å²) >= 11 is 2.09. The molecule has 0 spiro atoms. The minimum atomic E-state index is -0.489. The lowest BCUT2D eigenvalue weighted by molar-refractivity contribution is 0.0412. The van der Waals surface area contributed by atoms with Crippen LogP contribution in [0, 0.1) is 15.4 Å². The molecule has 0 unspecified atom stereocenters. The van der Waals surface area contributed by atoms with Crippen LogP contribution in [0.1, 0.15) is 48.4 Å². The number of benzene rings is 1. The molecular weight excluding hydrogens is 383 g/mol. The zero-order valence-electron chi connectivity index (χ0n) is 12.8. The molecular formula is C16H21IO4. The average molecular weight is 404 g/mol. The maximum atomic E-state index is 12.1. The monoisotopic (exact) mass is 404 g/mol. The lowest BCUT2D eigenvalue weighted by Crippen LogP contribution is -2.17. The van der Waals surface area contributed by atoms with Gasteiger partial charge in [0.05, 0.1) is 24.3 Å². The van der Waals surface area contributed by atoms with Crippen LogP contribution in [0.5, 0.6) is 0 Å². The van der Waals surface area contributed by atoms with E-state index < -0.39 is 11.9 Å². The van der Waals surface area contributed by atoms with Gasteiger partial charge in [0, 0.05) is 3.57 Å². The molecule has 0 heterocycles. The number of rotatable bonds is 6. The Kier molecular flexibility index (Phi) is 7.14. The molecule has 0 saturated heterocycles. The van der Waals surface area contributed by atoms with E-state index in [2.05, 4.69) is 22.6 Å². The molecule has 1 aromatic carbocycles. The predicted molar refractivity (Wildman–Crippen MR) is 89.4 cm³/mol. The fraction of sp³-hybridized carbons (Fsp3) is 0.500. The van der Waals surface area contributed by atoms with Gasteiger partial charge in [-0.05, 0) is 52.6 Å². The van der Waals surface area contributed by atoms with Crippen molar-refractivity contribution in [1.82, 2.24) is 0 Å². The molecule has 0 aliphatic heterocycles. The van der Waals surface area contributed by atoms with Crippen molar-refractivity contribution >= 4 is 34.5 Å². The SMILES string of the molecule is CC(C)COC(=O)c1ccc(I)cc1C(=O)OCC(C)C. The first-order valence-electron chi connectivity index (χ1n) is 6.95. The third-order valence-corrected chi connectivity index (χ3v) is 3.19. The van der Waals surface area contributed by atoms with Crippen LogP contribution in [-0.4, -0.2) is 25.2 Å². The van der Waals surface area contributed by atoms with Gasteiger partial charge in [-0.1, -0.05) is 27.7 Å². The lowest BCUT2D eigenvalue weighted by atomic mass is 10.1. The average Bonchev–Trinajstić information content (AvgIpc) is 2.41. The molecule has 116 valence electrons. The molecule has 0 N–H and O–H groups in total. The predicted octanol–water partition coefficient (Wildman–Crippen LogP) is 3.92. The highest BCUT2D eigenvalue weighted by Crippen LogP contribution is 2.17. The number of carbonyl (C=O) groups excluding carboxylic acids is 2. The van der Waals surface area contributed by atoms with Gasteiger partial charge in [0.1, 0.15) is 0 Å². The van der Waals surface area contributed by atoms with Crippen molar-refractivity contribution in [2.75, 3.05) is 13.2 Å². The molecule has 0 amide bonds. The summed E-state index contributed by atoms with van der Waals surface area (Å²) in [7, 11) is 0. The molecule has 0 aromatic heterocycles. The van der Waals surface area contributed by atoms with E-state index in [4.69, 9.17) is 9.47 Å². The topological polar surface area (TPSA) is 52.6 Å². The molecule has 0 fully saturated rings. The maximum absolute atomic E-state index is 12.1. The van der Waals surface area contributed by atoms with E-state index in [1.165, 1.54) is 0 Å². The van der Waals surface area contributed by atoms with E-state index in [1.54, 1.807) is 18.2 Å². The first-order valence-corrected chi connectivity index (χ1v) is 8.03. The number of carbonyl (C=O) groups is 2. The second kappa shape index (κ2) is 8.36. The molecule has 0 aliphatic rings. The fourth-order valence-electron chi connectivity index (χ4n) is 1.50. The van der Waals surface area contributed by atoms with E-state index in [9.17, 15) is 9.59 Å². The van der Waals surface area contributed by atoms with Gasteiger partial charge in [-0.15, -0.1) is 0 Å². The molecule has 5 heteroatoms. The molecule has 4 nitrogen and oxygen atoms in total. The van der Waals surface area contributed by atoms with Crippen LogP contribution >= 0.6 is 22.6 Å². The van der Waals surface area contributed by atoms with Gasteiger partial charge in [-0.3, -0.25) is 0 Å². The molecule has 0 aliphatic carbocycles. The third-order valence-electron chi connectivity index (χ3n) is 2.52. The number of hydrogen-bond acceptors (Lipinski definition) is 4. The molecule has 0 saturated carbocycles. The number of ether oxygens (including phenoxy) is 2. The van der Waals surface area contributed by atoms with Crippen molar-refractivity contribution in [3.05, 3.63) is 32.9 Å². The van der Waals surface area contributed by atoms with Gasteiger partial charge in [0.15, 0.2) is 0 Å². The fourth-order valence-corrected chi connectivity index (χ4v) is 1.99. The Morgan fingerprint density at radius 1 is 0.952 bits per heavy atom. The van der Waals surface area contributed by atoms with Crippen molar-refractivity contribution in [3.63, 3.8) is 0 Å². The van der Waals surface area contributed by atoms with Crippen molar-refractivity contribution in [3.8, 4) is 0 Å². The van der Waals surface area contributed by atoms with E-state index in [-0.39, 0.29) is 23.0 Å². The molecule has 0 atom stereocenters. The number of halogens is 1. The van der Waals surface area contributed by atoms with Gasteiger partial charge < -0.3 is 9.47 Å². The van der Waals surface area contributed by atoms with Crippen LogP contribution in [-0.2, 0) is 9.47 Å². The summed E-state index contributed by atoms with van der Waals surface area (Å²) in [5, 5.41) is 0. The highest BCUT2D eigenvalue weighted by atomic mass is 127. The summed E-state index contributed by atoms with van der Waals surface area (Å²) in [5.41, 5.74) is 0.515. The van der Waals surface area contributed by atoms with Crippen molar-refractivity contribution in [2.24, 2.45) is 11.8 Å². The zero-order chi connectivity index (χ0) is 16.0. The standard InChI is InChI=1S/C16H21IO4/c1-10(2)8-20-15(18)13-6-5-12(17)7-14(13)16(19)21-9-11(3)4/h5-7,10-11H,8-9H2,1-4H3. The largest absolute Gasteiger partial charge is 0.462 e. The van der Waals surface area contributed by atoms with E-state index in [0.717, 1.165) is 3.57 Å². The zero-order valence-corrected chi connectivity index (χ0v) is 15.0. The first-order chi connectivity index (χ1) is 9.81. The number of hydrogen-bond donors (Lipinski definition) is 0. The Hall–Kier alpha value is -1.11. The summed E-state index contributed by atoms with van der Waals surface area (Å²) in [6, 6.07) is 5.03. The van der Waals surface area contributed by atoms with Crippen LogP contribution in [0.25, 0.3) is 0 Å². The van der Waals surface area contributed by atoms with Crippen LogP contribution in [0.4, 0.5) is 0 Å². The van der Waals surface area contributed by atoms with Gasteiger partial charge in [0.25, 0.3) is 0 Å². The minimum Gasteiger partial charge on any atom is -0.462 e. The molecule has 21 heavy (non-hydrogen) atoms. The minimum absolute atomic E-state index is 0.244. The highest BCUT2D eigenvalue weighted by Gasteiger charge is 2.20. The molecule has 1 aromatic rings. The molecule has 1 rings (SSSR count). The van der Waals surface area contributed by atoms with Gasteiger partial charge in [-0.25, -0.2) is 9.59 Å². The quantitative estimate of drug-likeness (QED) is 0.533. The second-order valence-corrected chi connectivity index (χ2v) is 6.92. The Morgan fingerprint density at radius 3 is 1.90 bits per heavy atom. The first kappa shape index (κ1) is 17.9. The van der Waals surface area contributed by atoms with Crippen LogP contribution in [0.15, 0.2) is 18.2 Å². The summed E-state index contributed by atoms with van der Waals surface area (Å²) in [5.74, 6) is -0.488.